The molecule has 0 atom stereocenters. The maximum absolute atomic E-state index is 9.93. The van der Waals surface area contributed by atoms with Crippen LogP contribution in [-0.4, -0.2) is 11.4 Å². The van der Waals surface area contributed by atoms with Crippen LogP contribution in [0.2, 0.25) is 0 Å². The molecule has 0 aliphatic carbocycles. The van der Waals surface area contributed by atoms with Gasteiger partial charge in [0.05, 0.1) is 17.9 Å². The Morgan fingerprint density at radius 1 is 0.473 bits per heavy atom. The zero-order chi connectivity index (χ0) is 62.8. The first-order chi connectivity index (χ1) is 43.5. The van der Waals surface area contributed by atoms with E-state index in [1.54, 1.807) is 0 Å². The summed E-state index contributed by atoms with van der Waals surface area (Å²) >= 11 is 0. The van der Waals surface area contributed by atoms with Gasteiger partial charge in [0.25, 0.3) is 0 Å². The summed E-state index contributed by atoms with van der Waals surface area (Å²) in [5.74, 6) is 2.60. The Kier molecular flexibility index (Phi) is 16.2. The first-order valence-corrected chi connectivity index (χ1v) is 30.1. The number of aliphatic imine (C=N–C) groups is 2. The first kappa shape index (κ1) is 60.6. The van der Waals surface area contributed by atoms with Crippen molar-refractivity contribution in [3.8, 4) is 50.9 Å². The fourth-order valence-electron chi connectivity index (χ4n) is 13.1. The number of nitriles is 1. The van der Waals surface area contributed by atoms with E-state index in [0.717, 1.165) is 156 Å². The van der Waals surface area contributed by atoms with Gasteiger partial charge in [-0.2, -0.15) is 16.6 Å². The van der Waals surface area contributed by atoms with Crippen LogP contribution < -0.4 is 19.4 Å². The number of rotatable bonds is 10. The van der Waals surface area contributed by atoms with Crippen molar-refractivity contribution in [2.45, 2.75) is 83.1 Å². The molecular formula is C80H64CoN6O4. The van der Waals surface area contributed by atoms with Crippen molar-refractivity contribution in [2.24, 2.45) is 9.98 Å². The third kappa shape index (κ3) is 10.6. The van der Waals surface area contributed by atoms with E-state index in [-0.39, 0.29) is 16.8 Å². The number of aryl methyl sites for hydroxylation is 6. The largest absolute Gasteiger partial charge is 2.00 e. The molecule has 0 saturated carbocycles. The molecule has 2 aliphatic heterocycles. The number of hydrogen-bond donors (Lipinski definition) is 0. The normalized spacial score (nSPS) is 14.1. The maximum atomic E-state index is 9.93. The van der Waals surface area contributed by atoms with Gasteiger partial charge in [0.1, 0.15) is 62.8 Å². The summed E-state index contributed by atoms with van der Waals surface area (Å²) in [7, 11) is 0. The molecule has 10 nitrogen and oxygen atoms in total. The third-order valence-corrected chi connectivity index (χ3v) is 17.4. The van der Waals surface area contributed by atoms with E-state index < -0.39 is 0 Å². The van der Waals surface area contributed by atoms with Crippen LogP contribution in [0.5, 0.6) is 11.5 Å². The third-order valence-electron chi connectivity index (χ3n) is 17.4. The standard InChI is InChI=1S/2C40H32N3O2.Co/c1-22-20-29(28-14-9-8-10-15-28)21-23(2)38(22)45-40(37-25(4)35(41-7)27(6)43-37)36-24(3)34(26(5)42-36)32-18-13-17-31-30-16-11-12-19-33(30)44-39(31)32;1-22-19-29(28-13-8-7-9-14-28)20-23(2)38(22)45-40(36-24(3)33(21-41)26(5)42-36)37-25(4)35(27(6)43-37)32-17-12-16-31-30-15-10-11-18-34(30)44-39(31)32;/h8-21H,1-6H3;7-20H,1-6H3;/q2*-1;+2/b2*40-36+;. The Labute approximate surface area is 540 Å². The number of benzene rings is 8. The smallest absolute Gasteiger partial charge is 0.669 e. The van der Waals surface area contributed by atoms with Gasteiger partial charge in [0.2, 0.25) is 0 Å². The molecule has 12 aromatic rings. The van der Waals surface area contributed by atoms with Crippen LogP contribution in [0.1, 0.15) is 89.4 Å². The Balaban J connectivity index is 0.000000174. The Bertz CT molecular complexity index is 5230. The van der Waals surface area contributed by atoms with E-state index in [0.29, 0.717) is 57.0 Å². The summed E-state index contributed by atoms with van der Waals surface area (Å²) in [6.07, 6.45) is 0. The van der Waals surface area contributed by atoms with Crippen LogP contribution in [0.25, 0.3) is 99.2 Å². The second-order valence-corrected chi connectivity index (χ2v) is 23.4. The monoisotopic (exact) mass is 1230 g/mol. The van der Waals surface area contributed by atoms with Crippen molar-refractivity contribution < 1.29 is 35.1 Å². The van der Waals surface area contributed by atoms with Gasteiger partial charge in [-0.05, 0) is 160 Å². The second-order valence-electron chi connectivity index (χ2n) is 23.4. The number of ether oxygens (including phenoxy) is 2. The van der Waals surface area contributed by atoms with E-state index in [1.807, 2.05) is 114 Å². The molecule has 0 spiro atoms. The van der Waals surface area contributed by atoms with Gasteiger partial charge in [0, 0.05) is 44.0 Å². The van der Waals surface area contributed by atoms with Crippen LogP contribution in [0.3, 0.4) is 0 Å². The molecule has 447 valence electrons. The minimum atomic E-state index is 0. The fraction of sp³-hybridized carbons (Fsp3) is 0.150. The molecular weight excluding hydrogens is 1170 g/mol. The molecule has 14 rings (SSSR count). The topological polar surface area (TPSA) is 126 Å². The number of furan rings is 2. The molecule has 0 fully saturated rings. The molecule has 6 heterocycles. The predicted molar refractivity (Wildman–Crippen MR) is 366 cm³/mol. The molecule has 0 unspecified atom stereocenters. The molecule has 8 aromatic carbocycles. The summed E-state index contributed by atoms with van der Waals surface area (Å²) in [4.78, 5) is 23.8. The minimum absolute atomic E-state index is 0. The zero-order valence-corrected chi connectivity index (χ0v) is 53.9. The quantitative estimate of drug-likeness (QED) is 0.0986. The van der Waals surface area contributed by atoms with Gasteiger partial charge in [-0.15, -0.1) is 0 Å². The van der Waals surface area contributed by atoms with Gasteiger partial charge < -0.3 is 28.3 Å². The second kappa shape index (κ2) is 24.4. The number of aromatic nitrogens is 2. The van der Waals surface area contributed by atoms with Crippen molar-refractivity contribution in [1.82, 2.24) is 9.97 Å². The molecule has 4 aromatic heterocycles. The van der Waals surface area contributed by atoms with Gasteiger partial charge in [-0.25, -0.2) is 14.8 Å². The number of hydrogen-bond acceptors (Lipinski definition) is 7. The number of fused-ring (bicyclic) bond motifs is 6. The molecule has 1 radical (unpaired) electrons. The van der Waals surface area contributed by atoms with Crippen LogP contribution in [0.4, 0.5) is 5.69 Å². The molecule has 91 heavy (non-hydrogen) atoms. The predicted octanol–water partition coefficient (Wildman–Crippen LogP) is 20.9. The molecule has 0 amide bonds. The van der Waals surface area contributed by atoms with Crippen LogP contribution in [-0.2, 0) is 16.8 Å². The Morgan fingerprint density at radius 2 is 0.901 bits per heavy atom. The van der Waals surface area contributed by atoms with Gasteiger partial charge >= 0.3 is 16.8 Å². The average molecular weight is 1230 g/mol. The Hall–Kier alpha value is -10.7. The summed E-state index contributed by atoms with van der Waals surface area (Å²) in [6.45, 7) is 31.9. The van der Waals surface area contributed by atoms with Crippen molar-refractivity contribution in [2.75, 3.05) is 0 Å². The number of nitrogens with zero attached hydrogens (tertiary/aromatic N) is 6. The van der Waals surface area contributed by atoms with Crippen molar-refractivity contribution in [1.29, 1.82) is 5.26 Å². The van der Waals surface area contributed by atoms with Gasteiger partial charge in [0.15, 0.2) is 5.69 Å². The molecule has 0 saturated heterocycles. The van der Waals surface area contributed by atoms with Crippen molar-refractivity contribution in [3.63, 3.8) is 0 Å². The summed E-state index contributed by atoms with van der Waals surface area (Å²) in [5.41, 5.74) is 26.3. The number of allylic oxidation sites excluding steroid dienone is 4. The molecule has 2 aliphatic rings. The van der Waals surface area contributed by atoms with Crippen LogP contribution in [0, 0.1) is 73.3 Å². The first-order valence-electron chi connectivity index (χ1n) is 30.1. The molecule has 11 heteroatoms. The summed E-state index contributed by atoms with van der Waals surface area (Å²) in [6, 6.07) is 60.4. The van der Waals surface area contributed by atoms with Gasteiger partial charge in [-0.1, -0.05) is 177 Å². The van der Waals surface area contributed by atoms with Crippen molar-refractivity contribution in [3.05, 3.63) is 271 Å². The molecule has 0 N–H and O–H groups in total. The van der Waals surface area contributed by atoms with Crippen LogP contribution >= 0.6 is 0 Å². The van der Waals surface area contributed by atoms with Crippen molar-refractivity contribution >= 4 is 78.1 Å². The maximum Gasteiger partial charge on any atom is 2.00 e. The molecule has 0 bridgehead atoms. The summed E-state index contributed by atoms with van der Waals surface area (Å²) in [5, 5.41) is 14.2. The zero-order valence-electron chi connectivity index (χ0n) is 52.8. The minimum Gasteiger partial charge on any atom is -0.669 e. The van der Waals surface area contributed by atoms with E-state index in [9.17, 15) is 5.26 Å². The van der Waals surface area contributed by atoms with E-state index in [1.165, 1.54) is 0 Å². The average Bonchev–Trinajstić information content (AvgIpc) is 1.67. The van der Waals surface area contributed by atoms with E-state index in [4.69, 9.17) is 44.8 Å². The Morgan fingerprint density at radius 3 is 1.38 bits per heavy atom. The van der Waals surface area contributed by atoms with Gasteiger partial charge in [-0.3, -0.25) is 0 Å². The van der Waals surface area contributed by atoms with E-state index >= 15 is 0 Å². The SMILES string of the molecule is CC1=N/C(=C(/Oc2c(C)cc(-c3ccccc3)cc2C)c2[n-]c(C)c(-c3cccc4c3oc3ccccc34)c2C)C(C)=C1C#N.[C-]#[N+]c1c(C)[n-]c(/C(Oc2c(C)cc(-c3ccccc3)cc2C)=C2\N=C(C)C(c3cccc4c3oc3ccccc34)=C2C)c1C.[Co+2]. The summed E-state index contributed by atoms with van der Waals surface area (Å²) < 4.78 is 26.7. The van der Waals surface area contributed by atoms with E-state index in [2.05, 4.69) is 150 Å². The number of para-hydroxylation sites is 4. The van der Waals surface area contributed by atoms with Crippen LogP contribution in [0.15, 0.2) is 217 Å². The fourth-order valence-corrected chi connectivity index (χ4v) is 13.1.